The summed E-state index contributed by atoms with van der Waals surface area (Å²) in [4.78, 5) is 15.7. The zero-order chi connectivity index (χ0) is 16.1. The molecule has 2 aromatic rings. The number of tetrazole rings is 1. The topological polar surface area (TPSA) is 63.9 Å². The molecular weight excluding hydrogens is 290 g/mol. The summed E-state index contributed by atoms with van der Waals surface area (Å²) in [7, 11) is 1.90. The van der Waals surface area contributed by atoms with Crippen LogP contribution >= 0.6 is 0 Å². The van der Waals surface area contributed by atoms with E-state index in [4.69, 9.17) is 0 Å². The van der Waals surface area contributed by atoms with Crippen LogP contribution in [0.5, 0.6) is 0 Å². The van der Waals surface area contributed by atoms with Crippen molar-refractivity contribution in [3.05, 3.63) is 30.3 Å². The van der Waals surface area contributed by atoms with Crippen LogP contribution in [0.4, 0.5) is 0 Å². The number of hydrogen-bond acceptors (Lipinski definition) is 4. The fourth-order valence-electron chi connectivity index (χ4n) is 3.09. The first-order valence-corrected chi connectivity index (χ1v) is 8.33. The zero-order valence-electron chi connectivity index (χ0n) is 13.6. The van der Waals surface area contributed by atoms with Gasteiger partial charge in [-0.3, -0.25) is 4.79 Å². The molecule has 1 aliphatic carbocycles. The molecule has 1 aromatic heterocycles. The van der Waals surface area contributed by atoms with Crippen LogP contribution < -0.4 is 0 Å². The number of hydrogen-bond donors (Lipinski definition) is 0. The predicted molar refractivity (Wildman–Crippen MR) is 87.5 cm³/mol. The summed E-state index contributed by atoms with van der Waals surface area (Å²) in [5.74, 6) is 0.601. The summed E-state index contributed by atoms with van der Waals surface area (Å²) in [6.45, 7) is 0.146. The molecule has 1 amide bonds. The Morgan fingerprint density at radius 2 is 1.87 bits per heavy atom. The first-order valence-electron chi connectivity index (χ1n) is 8.33. The Morgan fingerprint density at radius 1 is 1.17 bits per heavy atom. The molecule has 0 atom stereocenters. The average Bonchev–Trinajstić information content (AvgIpc) is 2.88. The van der Waals surface area contributed by atoms with Crippen molar-refractivity contribution in [3.8, 4) is 11.4 Å². The molecular formula is C17H23N5O. The van der Waals surface area contributed by atoms with Crippen molar-refractivity contribution in [1.82, 2.24) is 25.1 Å². The van der Waals surface area contributed by atoms with Crippen molar-refractivity contribution < 1.29 is 4.79 Å². The van der Waals surface area contributed by atoms with Gasteiger partial charge in [0.25, 0.3) is 0 Å². The highest BCUT2D eigenvalue weighted by Crippen LogP contribution is 2.21. The number of amides is 1. The minimum Gasteiger partial charge on any atom is -0.341 e. The standard InChI is InChI=1S/C17H23N5O/c1-21(15-11-7-2-3-8-12-15)16(23)13-22-19-17(18-20-22)14-9-5-4-6-10-14/h4-6,9-10,15H,2-3,7-8,11-13H2,1H3. The smallest absolute Gasteiger partial charge is 0.246 e. The van der Waals surface area contributed by atoms with Gasteiger partial charge < -0.3 is 4.90 Å². The van der Waals surface area contributed by atoms with E-state index in [1.807, 2.05) is 42.3 Å². The molecule has 0 N–H and O–H groups in total. The van der Waals surface area contributed by atoms with E-state index in [2.05, 4.69) is 15.4 Å². The number of likely N-dealkylation sites (N-methyl/N-ethyl adjacent to an activating group) is 1. The molecule has 0 bridgehead atoms. The van der Waals surface area contributed by atoms with E-state index in [1.54, 1.807) is 0 Å². The Balaban J connectivity index is 1.62. The van der Waals surface area contributed by atoms with E-state index in [9.17, 15) is 4.79 Å². The first-order chi connectivity index (χ1) is 11.2. The highest BCUT2D eigenvalue weighted by Gasteiger charge is 2.22. The van der Waals surface area contributed by atoms with Crippen LogP contribution in [-0.4, -0.2) is 44.1 Å². The van der Waals surface area contributed by atoms with Gasteiger partial charge in [0.15, 0.2) is 0 Å². The van der Waals surface area contributed by atoms with E-state index in [0.29, 0.717) is 11.9 Å². The largest absolute Gasteiger partial charge is 0.341 e. The summed E-state index contributed by atoms with van der Waals surface area (Å²) in [6, 6.07) is 10.0. The lowest BCUT2D eigenvalue weighted by molar-refractivity contribution is -0.133. The second kappa shape index (κ2) is 7.35. The number of benzene rings is 1. The van der Waals surface area contributed by atoms with Gasteiger partial charge in [0.05, 0.1) is 0 Å². The molecule has 122 valence electrons. The van der Waals surface area contributed by atoms with Crippen LogP contribution in [0.3, 0.4) is 0 Å². The summed E-state index contributed by atoms with van der Waals surface area (Å²) < 4.78 is 0. The van der Waals surface area contributed by atoms with Gasteiger partial charge in [-0.15, -0.1) is 10.2 Å². The molecule has 1 fully saturated rings. The second-order valence-electron chi connectivity index (χ2n) is 6.16. The van der Waals surface area contributed by atoms with Gasteiger partial charge in [-0.1, -0.05) is 56.0 Å². The van der Waals surface area contributed by atoms with E-state index < -0.39 is 0 Å². The van der Waals surface area contributed by atoms with Crippen LogP contribution in [0.15, 0.2) is 30.3 Å². The SMILES string of the molecule is CN(C(=O)Cn1nnc(-c2ccccc2)n1)C1CCCCCC1. The van der Waals surface area contributed by atoms with Crippen LogP contribution in [-0.2, 0) is 11.3 Å². The number of carbonyl (C=O) groups excluding carboxylic acids is 1. The van der Waals surface area contributed by atoms with Crippen LogP contribution in [0.25, 0.3) is 11.4 Å². The summed E-state index contributed by atoms with van der Waals surface area (Å²) in [5.41, 5.74) is 0.906. The van der Waals surface area contributed by atoms with Gasteiger partial charge in [-0.2, -0.15) is 4.80 Å². The molecule has 1 aliphatic rings. The van der Waals surface area contributed by atoms with Crippen molar-refractivity contribution in [3.63, 3.8) is 0 Å². The van der Waals surface area contributed by atoms with Crippen molar-refractivity contribution in [2.45, 2.75) is 51.1 Å². The summed E-state index contributed by atoms with van der Waals surface area (Å²) >= 11 is 0. The van der Waals surface area contributed by atoms with E-state index in [-0.39, 0.29) is 12.5 Å². The Hall–Kier alpha value is -2.24. The number of nitrogens with zero attached hydrogens (tertiary/aromatic N) is 5. The fraction of sp³-hybridized carbons (Fsp3) is 0.529. The third kappa shape index (κ3) is 3.94. The van der Waals surface area contributed by atoms with E-state index >= 15 is 0 Å². The van der Waals surface area contributed by atoms with Crippen LogP contribution in [0, 0.1) is 0 Å². The highest BCUT2D eigenvalue weighted by atomic mass is 16.2. The average molecular weight is 313 g/mol. The molecule has 23 heavy (non-hydrogen) atoms. The van der Waals surface area contributed by atoms with Gasteiger partial charge in [0.1, 0.15) is 6.54 Å². The van der Waals surface area contributed by atoms with Crippen molar-refractivity contribution in [2.75, 3.05) is 7.05 Å². The molecule has 1 saturated carbocycles. The quantitative estimate of drug-likeness (QED) is 0.814. The molecule has 0 radical (unpaired) electrons. The molecule has 3 rings (SSSR count). The highest BCUT2D eigenvalue weighted by molar-refractivity contribution is 5.75. The lowest BCUT2D eigenvalue weighted by atomic mass is 10.1. The molecule has 0 unspecified atom stereocenters. The van der Waals surface area contributed by atoms with Gasteiger partial charge in [0.2, 0.25) is 11.7 Å². The van der Waals surface area contributed by atoms with Crippen molar-refractivity contribution >= 4 is 5.91 Å². The number of rotatable bonds is 4. The lowest BCUT2D eigenvalue weighted by Gasteiger charge is -2.26. The molecule has 0 spiro atoms. The molecule has 0 saturated heterocycles. The summed E-state index contributed by atoms with van der Waals surface area (Å²) in [5, 5.41) is 12.4. The van der Waals surface area contributed by atoms with Gasteiger partial charge in [0, 0.05) is 18.7 Å². The van der Waals surface area contributed by atoms with Gasteiger partial charge >= 0.3 is 0 Å². The normalized spacial score (nSPS) is 16.0. The maximum atomic E-state index is 12.5. The number of carbonyl (C=O) groups is 1. The molecule has 1 aromatic carbocycles. The van der Waals surface area contributed by atoms with Gasteiger partial charge in [-0.25, -0.2) is 0 Å². The Labute approximate surface area is 136 Å². The predicted octanol–water partition coefficient (Wildman–Crippen LogP) is 2.52. The number of aromatic nitrogens is 4. The monoisotopic (exact) mass is 313 g/mol. The maximum Gasteiger partial charge on any atom is 0.246 e. The Morgan fingerprint density at radius 3 is 2.57 bits per heavy atom. The molecule has 1 heterocycles. The van der Waals surface area contributed by atoms with Gasteiger partial charge in [-0.05, 0) is 18.1 Å². The zero-order valence-corrected chi connectivity index (χ0v) is 13.6. The second-order valence-corrected chi connectivity index (χ2v) is 6.16. The van der Waals surface area contributed by atoms with E-state index in [1.165, 1.54) is 30.5 Å². The molecule has 6 nitrogen and oxygen atoms in total. The molecule has 0 aliphatic heterocycles. The third-order valence-corrected chi connectivity index (χ3v) is 4.53. The van der Waals surface area contributed by atoms with Crippen LogP contribution in [0.1, 0.15) is 38.5 Å². The van der Waals surface area contributed by atoms with Crippen molar-refractivity contribution in [2.24, 2.45) is 0 Å². The third-order valence-electron chi connectivity index (χ3n) is 4.53. The van der Waals surface area contributed by atoms with Crippen molar-refractivity contribution in [1.29, 1.82) is 0 Å². The maximum absolute atomic E-state index is 12.5. The fourth-order valence-corrected chi connectivity index (χ4v) is 3.09. The summed E-state index contributed by atoms with van der Waals surface area (Å²) in [6.07, 6.45) is 7.18. The minimum absolute atomic E-state index is 0.0499. The van der Waals surface area contributed by atoms with Crippen LogP contribution in [0.2, 0.25) is 0 Å². The van der Waals surface area contributed by atoms with E-state index in [0.717, 1.165) is 18.4 Å². The molecule has 6 heteroatoms. The minimum atomic E-state index is 0.0499. The Bertz CT molecular complexity index is 631. The Kier molecular flexibility index (Phi) is 5.00. The lowest BCUT2D eigenvalue weighted by Crippen LogP contribution is -2.39. The first kappa shape index (κ1) is 15.6.